The predicted molar refractivity (Wildman–Crippen MR) is 124 cm³/mol. The Morgan fingerprint density at radius 3 is 2.38 bits per heavy atom. The van der Waals surface area contributed by atoms with Crippen LogP contribution in [0.5, 0.6) is 17.2 Å². The second-order valence-corrected chi connectivity index (χ2v) is 7.69. The number of aliphatic carboxylic acids is 1. The van der Waals surface area contributed by atoms with Crippen LogP contribution in [-0.2, 0) is 11.0 Å². The average molecular weight is 464 g/mol. The fraction of sp³-hybridized carbons (Fsp3) is 0.0741. The van der Waals surface area contributed by atoms with Crippen molar-refractivity contribution in [2.75, 3.05) is 0 Å². The van der Waals surface area contributed by atoms with Gasteiger partial charge in [0.2, 0.25) is 0 Å². The van der Waals surface area contributed by atoms with Crippen LogP contribution in [0.15, 0.2) is 78.9 Å². The highest BCUT2D eigenvalue weighted by Gasteiger charge is 2.33. The molecule has 0 aliphatic heterocycles. The van der Waals surface area contributed by atoms with Gasteiger partial charge in [0, 0.05) is 17.0 Å². The van der Waals surface area contributed by atoms with Crippen molar-refractivity contribution in [3.8, 4) is 28.4 Å². The summed E-state index contributed by atoms with van der Waals surface area (Å²) >= 11 is 0. The summed E-state index contributed by atoms with van der Waals surface area (Å²) in [6.07, 6.45) is -3.17. The number of alkyl halides is 3. The number of hydrogen-bond acceptors (Lipinski definition) is 3. The van der Waals surface area contributed by atoms with E-state index in [2.05, 4.69) is 0 Å². The number of hydrogen-bond donors (Lipinski definition) is 2. The Kier molecular flexibility index (Phi) is 6.03. The molecular formula is C27H19F3O4. The van der Waals surface area contributed by atoms with Gasteiger partial charge in [-0.3, -0.25) is 0 Å². The molecule has 0 aromatic heterocycles. The number of ether oxygens (including phenoxy) is 1. The van der Waals surface area contributed by atoms with Gasteiger partial charge in [0.15, 0.2) is 0 Å². The molecule has 0 heterocycles. The number of carboxylic acid groups (broad SMARTS) is 1. The first-order valence-corrected chi connectivity index (χ1v) is 10.3. The van der Waals surface area contributed by atoms with Crippen LogP contribution in [0.4, 0.5) is 13.2 Å². The molecule has 0 spiro atoms. The van der Waals surface area contributed by atoms with Crippen molar-refractivity contribution in [1.29, 1.82) is 0 Å². The van der Waals surface area contributed by atoms with Gasteiger partial charge in [-0.15, -0.1) is 0 Å². The van der Waals surface area contributed by atoms with Gasteiger partial charge >= 0.3 is 12.1 Å². The fourth-order valence-electron chi connectivity index (χ4n) is 3.83. The highest BCUT2D eigenvalue weighted by Crippen LogP contribution is 2.44. The molecule has 4 nitrogen and oxygen atoms in total. The molecule has 4 rings (SSSR count). The molecule has 2 N–H and O–H groups in total. The van der Waals surface area contributed by atoms with E-state index in [1.807, 2.05) is 43.3 Å². The van der Waals surface area contributed by atoms with Crippen molar-refractivity contribution in [3.63, 3.8) is 0 Å². The van der Waals surface area contributed by atoms with Gasteiger partial charge in [-0.2, -0.15) is 13.2 Å². The number of fused-ring (bicyclic) bond motifs is 1. The van der Waals surface area contributed by atoms with E-state index in [0.29, 0.717) is 28.2 Å². The lowest BCUT2D eigenvalue weighted by Crippen LogP contribution is -2.08. The van der Waals surface area contributed by atoms with Crippen LogP contribution in [-0.4, -0.2) is 16.2 Å². The van der Waals surface area contributed by atoms with E-state index < -0.39 is 17.7 Å². The largest absolute Gasteiger partial charge is 0.508 e. The first-order chi connectivity index (χ1) is 16.1. The highest BCUT2D eigenvalue weighted by molar-refractivity contribution is 5.97. The van der Waals surface area contributed by atoms with E-state index in [1.54, 1.807) is 12.1 Å². The lowest BCUT2D eigenvalue weighted by Gasteiger charge is -2.19. The van der Waals surface area contributed by atoms with Crippen molar-refractivity contribution < 1.29 is 32.9 Å². The van der Waals surface area contributed by atoms with Gasteiger partial charge in [-0.05, 0) is 65.4 Å². The summed E-state index contributed by atoms with van der Waals surface area (Å²) in [6, 6.07) is 19.3. The highest BCUT2D eigenvalue weighted by atomic mass is 19.4. The van der Waals surface area contributed by atoms with Crippen molar-refractivity contribution >= 4 is 22.8 Å². The predicted octanol–water partition coefficient (Wildman–Crippen LogP) is 7.43. The van der Waals surface area contributed by atoms with Gasteiger partial charge in [0.05, 0.1) is 5.56 Å². The molecule has 0 aliphatic rings. The third-order valence-electron chi connectivity index (χ3n) is 5.29. The summed E-state index contributed by atoms with van der Waals surface area (Å²) in [6.45, 7) is 1.86. The summed E-state index contributed by atoms with van der Waals surface area (Å²) in [5.74, 6) is -1.00. The summed E-state index contributed by atoms with van der Waals surface area (Å²) in [7, 11) is 0. The average Bonchev–Trinajstić information content (AvgIpc) is 2.77. The van der Waals surface area contributed by atoms with E-state index >= 15 is 0 Å². The van der Waals surface area contributed by atoms with Crippen LogP contribution >= 0.6 is 0 Å². The topological polar surface area (TPSA) is 66.8 Å². The Morgan fingerprint density at radius 2 is 1.71 bits per heavy atom. The van der Waals surface area contributed by atoms with E-state index in [-0.39, 0.29) is 17.1 Å². The van der Waals surface area contributed by atoms with Gasteiger partial charge in [-0.25, -0.2) is 4.79 Å². The molecule has 0 saturated heterocycles. The van der Waals surface area contributed by atoms with Crippen LogP contribution in [0.25, 0.3) is 28.0 Å². The SMILES string of the molecule is Cc1cc2cc(O)ccc2c(Oc2ccc(C=CC(=O)O)c(C(F)(F)F)c2)c1-c1ccccc1. The monoisotopic (exact) mass is 464 g/mol. The molecule has 4 aromatic rings. The number of benzene rings is 4. The number of carbonyl (C=O) groups is 1. The van der Waals surface area contributed by atoms with E-state index in [0.717, 1.165) is 23.3 Å². The Bertz CT molecular complexity index is 1410. The maximum absolute atomic E-state index is 13.7. The van der Waals surface area contributed by atoms with E-state index in [9.17, 15) is 23.1 Å². The summed E-state index contributed by atoms with van der Waals surface area (Å²) in [5.41, 5.74) is 1.04. The Hall–Kier alpha value is -4.26. The van der Waals surface area contributed by atoms with Crippen molar-refractivity contribution in [2.24, 2.45) is 0 Å². The Balaban J connectivity index is 1.91. The van der Waals surface area contributed by atoms with Crippen LogP contribution in [0, 0.1) is 6.92 Å². The molecule has 0 fully saturated rings. The maximum Gasteiger partial charge on any atom is 0.417 e. The zero-order chi connectivity index (χ0) is 24.5. The first-order valence-electron chi connectivity index (χ1n) is 10.3. The smallest absolute Gasteiger partial charge is 0.417 e. The minimum Gasteiger partial charge on any atom is -0.508 e. The van der Waals surface area contributed by atoms with Crippen LogP contribution in [0.3, 0.4) is 0 Å². The maximum atomic E-state index is 13.7. The number of carboxylic acids is 1. The third-order valence-corrected chi connectivity index (χ3v) is 5.29. The Labute approximate surface area is 193 Å². The number of phenolic OH excluding ortho intramolecular Hbond substituents is 1. The lowest BCUT2D eigenvalue weighted by molar-refractivity contribution is -0.138. The summed E-state index contributed by atoms with van der Waals surface area (Å²) in [4.78, 5) is 10.8. The van der Waals surface area contributed by atoms with Gasteiger partial charge in [0.1, 0.15) is 17.2 Å². The summed E-state index contributed by atoms with van der Waals surface area (Å²) in [5, 5.41) is 20.0. The molecule has 7 heteroatoms. The van der Waals surface area contributed by atoms with Crippen molar-refractivity contribution in [2.45, 2.75) is 13.1 Å². The van der Waals surface area contributed by atoms with Gasteiger partial charge in [0.25, 0.3) is 0 Å². The number of aromatic hydroxyl groups is 1. The zero-order valence-corrected chi connectivity index (χ0v) is 17.9. The molecule has 0 aliphatic carbocycles. The fourth-order valence-corrected chi connectivity index (χ4v) is 3.83. The molecule has 172 valence electrons. The number of phenols is 1. The number of rotatable bonds is 5. The van der Waals surface area contributed by atoms with Crippen molar-refractivity contribution in [1.82, 2.24) is 0 Å². The molecule has 34 heavy (non-hydrogen) atoms. The molecule has 0 saturated carbocycles. The van der Waals surface area contributed by atoms with E-state index in [1.165, 1.54) is 18.2 Å². The molecule has 4 aromatic carbocycles. The molecule has 0 unspecified atom stereocenters. The number of halogens is 3. The van der Waals surface area contributed by atoms with Gasteiger partial charge < -0.3 is 14.9 Å². The molecular weight excluding hydrogens is 445 g/mol. The minimum atomic E-state index is -4.72. The minimum absolute atomic E-state index is 0.0549. The van der Waals surface area contributed by atoms with E-state index in [4.69, 9.17) is 9.84 Å². The first kappa shape index (κ1) is 22.9. The lowest BCUT2D eigenvalue weighted by atomic mass is 9.94. The van der Waals surface area contributed by atoms with Crippen LogP contribution in [0.2, 0.25) is 0 Å². The molecule has 0 radical (unpaired) electrons. The second kappa shape index (κ2) is 8.94. The van der Waals surface area contributed by atoms with Crippen molar-refractivity contribution in [3.05, 3.63) is 95.6 Å². The third kappa shape index (κ3) is 4.73. The number of aryl methyl sites for hydroxylation is 1. The molecule has 0 bridgehead atoms. The molecule has 0 atom stereocenters. The van der Waals surface area contributed by atoms with Crippen LogP contribution in [0.1, 0.15) is 16.7 Å². The quantitative estimate of drug-likeness (QED) is 0.302. The molecule has 0 amide bonds. The Morgan fingerprint density at radius 1 is 0.971 bits per heavy atom. The summed E-state index contributed by atoms with van der Waals surface area (Å²) < 4.78 is 47.3. The standard InChI is InChI=1S/C27H19F3O4/c1-16-13-19-14-20(31)9-11-22(19)26(25(16)18-5-3-2-4-6-18)34-21-10-7-17(8-12-24(32)33)23(15-21)27(28,29)30/h2-15,31H,1H3,(H,32,33). The normalized spacial score (nSPS) is 11.8. The van der Waals surface area contributed by atoms with Crippen LogP contribution < -0.4 is 4.74 Å². The zero-order valence-electron chi connectivity index (χ0n) is 17.9. The van der Waals surface area contributed by atoms with Gasteiger partial charge in [-0.1, -0.05) is 42.5 Å². The second-order valence-electron chi connectivity index (χ2n) is 7.69.